The van der Waals surface area contributed by atoms with Gasteiger partial charge in [-0.1, -0.05) is 16.8 Å². The van der Waals surface area contributed by atoms with Crippen molar-refractivity contribution in [2.75, 3.05) is 39.6 Å². The third kappa shape index (κ3) is 5.38. The number of carbonyl (C=O) groups is 1. The number of hydrogen-bond acceptors (Lipinski definition) is 7. The highest BCUT2D eigenvalue weighted by molar-refractivity contribution is 6.33. The van der Waals surface area contributed by atoms with Crippen LogP contribution in [0.15, 0.2) is 17.3 Å². The molecule has 2 unspecified atom stereocenters. The molecule has 6 N–H and O–H groups in total. The lowest BCUT2D eigenvalue weighted by Gasteiger charge is -2.38. The van der Waals surface area contributed by atoms with Crippen molar-refractivity contribution in [3.05, 3.63) is 22.7 Å². The Morgan fingerprint density at radius 3 is 2.85 bits per heavy atom. The normalized spacial score (nSPS) is 21.1. The van der Waals surface area contributed by atoms with Crippen molar-refractivity contribution in [2.24, 2.45) is 10.9 Å². The van der Waals surface area contributed by atoms with Crippen molar-refractivity contribution in [2.45, 2.75) is 25.0 Å². The van der Waals surface area contributed by atoms with Crippen LogP contribution in [0.2, 0.25) is 5.02 Å². The van der Waals surface area contributed by atoms with Gasteiger partial charge in [0.1, 0.15) is 11.6 Å². The minimum atomic E-state index is -0.300. The maximum Gasteiger partial charge on any atom is 0.255 e. The number of amides is 1. The summed E-state index contributed by atoms with van der Waals surface area (Å²) in [6.07, 6.45) is 0.974. The number of benzene rings is 1. The molecule has 2 atom stereocenters. The molecule has 1 aromatic rings. The molecule has 1 heterocycles. The van der Waals surface area contributed by atoms with E-state index in [0.29, 0.717) is 48.0 Å². The number of rotatable bonds is 7. The number of anilines is 1. The van der Waals surface area contributed by atoms with Crippen molar-refractivity contribution >= 4 is 29.0 Å². The van der Waals surface area contributed by atoms with Gasteiger partial charge in [-0.25, -0.2) is 0 Å². The molecule has 150 valence electrons. The highest BCUT2D eigenvalue weighted by atomic mass is 35.5. The van der Waals surface area contributed by atoms with Crippen LogP contribution in [0.3, 0.4) is 0 Å². The third-order valence-corrected chi connectivity index (χ3v) is 4.97. The van der Waals surface area contributed by atoms with E-state index in [1.807, 2.05) is 0 Å². The minimum absolute atomic E-state index is 0.163. The third-order valence-electron chi connectivity index (χ3n) is 4.64. The number of nitrogens with zero attached hydrogens (tertiary/aromatic N) is 2. The zero-order chi connectivity index (χ0) is 20.0. The molecule has 1 aliphatic heterocycles. The summed E-state index contributed by atoms with van der Waals surface area (Å²) in [5, 5.41) is 14.9. The summed E-state index contributed by atoms with van der Waals surface area (Å²) in [5.74, 6) is 0.247. The number of oxime groups is 1. The molecule has 0 spiro atoms. The van der Waals surface area contributed by atoms with Crippen molar-refractivity contribution in [1.29, 1.82) is 0 Å². The molecule has 27 heavy (non-hydrogen) atoms. The van der Waals surface area contributed by atoms with Crippen LogP contribution in [-0.2, 0) is 4.74 Å². The minimum Gasteiger partial charge on any atom is -0.496 e. The van der Waals surface area contributed by atoms with Gasteiger partial charge in [-0.05, 0) is 12.5 Å². The zero-order valence-electron chi connectivity index (χ0n) is 15.4. The van der Waals surface area contributed by atoms with E-state index < -0.39 is 0 Å². The van der Waals surface area contributed by atoms with Gasteiger partial charge in [-0.2, -0.15) is 0 Å². The standard InChI is InChI=1S/C17H26ClN5O4/c1-26-14-8-12(19)11(18)7-10(14)17(24)21-13-3-5-23(9-15(13)27-2)6-4-16(20)22-25/h7-8,13,15,25H,3-6,9,19H2,1-2H3,(H2,20,22)(H,21,24). The first kappa shape index (κ1) is 21.1. The second-order valence-corrected chi connectivity index (χ2v) is 6.77. The Morgan fingerprint density at radius 1 is 1.48 bits per heavy atom. The molecule has 1 amide bonds. The van der Waals surface area contributed by atoms with Crippen molar-refractivity contribution in [1.82, 2.24) is 10.2 Å². The molecule has 9 nitrogen and oxygen atoms in total. The van der Waals surface area contributed by atoms with Gasteiger partial charge in [0.15, 0.2) is 0 Å². The number of hydrogen-bond donors (Lipinski definition) is 4. The SMILES string of the molecule is COc1cc(N)c(Cl)cc1C(=O)NC1CCN(CC/C(N)=N\O)CC1OC. The number of nitrogen functional groups attached to an aromatic ring is 1. The molecule has 1 aromatic carbocycles. The van der Waals surface area contributed by atoms with Crippen LogP contribution in [0.5, 0.6) is 5.75 Å². The summed E-state index contributed by atoms with van der Waals surface area (Å²) in [7, 11) is 3.08. The van der Waals surface area contributed by atoms with E-state index in [-0.39, 0.29) is 23.9 Å². The molecule has 0 aliphatic carbocycles. The van der Waals surface area contributed by atoms with E-state index in [2.05, 4.69) is 15.4 Å². The van der Waals surface area contributed by atoms with E-state index in [1.54, 1.807) is 7.11 Å². The molecular weight excluding hydrogens is 374 g/mol. The van der Waals surface area contributed by atoms with E-state index in [0.717, 1.165) is 6.54 Å². The number of likely N-dealkylation sites (tertiary alicyclic amines) is 1. The fourth-order valence-corrected chi connectivity index (χ4v) is 3.24. The number of piperidine rings is 1. The predicted molar refractivity (Wildman–Crippen MR) is 104 cm³/mol. The fraction of sp³-hybridized carbons (Fsp3) is 0.529. The van der Waals surface area contributed by atoms with E-state index >= 15 is 0 Å². The van der Waals surface area contributed by atoms with Gasteiger partial charge in [0.2, 0.25) is 0 Å². The second-order valence-electron chi connectivity index (χ2n) is 6.36. The Hall–Kier alpha value is -2.23. The number of carbonyl (C=O) groups excluding carboxylic acids is 1. The smallest absolute Gasteiger partial charge is 0.255 e. The number of nitrogens with two attached hydrogens (primary N) is 2. The largest absolute Gasteiger partial charge is 0.496 e. The van der Waals surface area contributed by atoms with Crippen LogP contribution in [-0.4, -0.2) is 67.8 Å². The molecule has 1 saturated heterocycles. The maximum atomic E-state index is 12.7. The average Bonchev–Trinajstić information content (AvgIpc) is 2.68. The van der Waals surface area contributed by atoms with Crippen LogP contribution in [0.1, 0.15) is 23.2 Å². The Kier molecular flexibility index (Phi) is 7.52. The summed E-state index contributed by atoms with van der Waals surface area (Å²) >= 11 is 6.05. The van der Waals surface area contributed by atoms with Crippen LogP contribution in [0.25, 0.3) is 0 Å². The summed E-state index contributed by atoms with van der Waals surface area (Å²) in [6, 6.07) is 2.86. The number of halogens is 1. The zero-order valence-corrected chi connectivity index (χ0v) is 16.2. The number of methoxy groups -OCH3 is 2. The fourth-order valence-electron chi connectivity index (χ4n) is 3.07. The Bertz CT molecular complexity index is 700. The molecule has 2 rings (SSSR count). The summed E-state index contributed by atoms with van der Waals surface area (Å²) in [6.45, 7) is 2.03. The highest BCUT2D eigenvalue weighted by Gasteiger charge is 2.31. The monoisotopic (exact) mass is 399 g/mol. The Balaban J connectivity index is 2.03. The van der Waals surface area contributed by atoms with Crippen LogP contribution >= 0.6 is 11.6 Å². The van der Waals surface area contributed by atoms with Crippen LogP contribution in [0, 0.1) is 0 Å². The van der Waals surface area contributed by atoms with Gasteiger partial charge in [0.25, 0.3) is 5.91 Å². The van der Waals surface area contributed by atoms with E-state index in [4.69, 9.17) is 37.7 Å². The molecule has 1 aliphatic rings. The molecule has 0 bridgehead atoms. The first-order valence-electron chi connectivity index (χ1n) is 8.55. The summed E-state index contributed by atoms with van der Waals surface area (Å²) in [5.41, 5.74) is 12.0. The van der Waals surface area contributed by atoms with Crippen molar-refractivity contribution < 1.29 is 19.5 Å². The summed E-state index contributed by atoms with van der Waals surface area (Å²) < 4.78 is 10.8. The second kappa shape index (κ2) is 9.63. The number of ether oxygens (including phenoxy) is 2. The predicted octanol–water partition coefficient (Wildman–Crippen LogP) is 0.886. The van der Waals surface area contributed by atoms with Crippen molar-refractivity contribution in [3.63, 3.8) is 0 Å². The molecule has 1 fully saturated rings. The topological polar surface area (TPSA) is 135 Å². The first-order chi connectivity index (χ1) is 12.9. The highest BCUT2D eigenvalue weighted by Crippen LogP contribution is 2.29. The molecule has 0 saturated carbocycles. The van der Waals surface area contributed by atoms with Gasteiger partial charge in [0, 0.05) is 39.2 Å². The van der Waals surface area contributed by atoms with E-state index in [9.17, 15) is 4.79 Å². The van der Waals surface area contributed by atoms with Gasteiger partial charge in [0.05, 0.1) is 35.5 Å². The quantitative estimate of drug-likeness (QED) is 0.176. The van der Waals surface area contributed by atoms with Crippen LogP contribution < -0.4 is 21.5 Å². The van der Waals surface area contributed by atoms with Gasteiger partial charge in [-0.3, -0.25) is 4.79 Å². The lowest BCUT2D eigenvalue weighted by molar-refractivity contribution is 0.00717. The van der Waals surface area contributed by atoms with Gasteiger partial charge >= 0.3 is 0 Å². The summed E-state index contributed by atoms with van der Waals surface area (Å²) in [4.78, 5) is 14.9. The lowest BCUT2D eigenvalue weighted by atomic mass is 10.0. The van der Waals surface area contributed by atoms with Crippen LogP contribution in [0.4, 0.5) is 5.69 Å². The number of amidine groups is 1. The molecular formula is C17H26ClN5O4. The van der Waals surface area contributed by atoms with Crippen molar-refractivity contribution in [3.8, 4) is 5.75 Å². The average molecular weight is 400 g/mol. The number of nitrogens with one attached hydrogen (secondary N) is 1. The Labute approximate surface area is 163 Å². The Morgan fingerprint density at radius 2 is 2.22 bits per heavy atom. The maximum absolute atomic E-state index is 12.7. The first-order valence-corrected chi connectivity index (χ1v) is 8.92. The molecule has 10 heteroatoms. The van der Waals surface area contributed by atoms with Gasteiger partial charge in [-0.15, -0.1) is 0 Å². The lowest BCUT2D eigenvalue weighted by Crippen LogP contribution is -2.55. The molecule has 0 aromatic heterocycles. The molecule has 0 radical (unpaired) electrons. The van der Waals surface area contributed by atoms with E-state index in [1.165, 1.54) is 19.2 Å². The van der Waals surface area contributed by atoms with Gasteiger partial charge < -0.3 is 36.4 Å².